The van der Waals surface area contributed by atoms with Crippen molar-refractivity contribution >= 4 is 11.9 Å². The number of hydrogen-bond acceptors (Lipinski definition) is 3. The van der Waals surface area contributed by atoms with Crippen LogP contribution in [0.3, 0.4) is 0 Å². The van der Waals surface area contributed by atoms with E-state index >= 15 is 0 Å². The summed E-state index contributed by atoms with van der Waals surface area (Å²) in [6, 6.07) is 8.66. The van der Waals surface area contributed by atoms with Gasteiger partial charge in [0.1, 0.15) is 11.6 Å². The summed E-state index contributed by atoms with van der Waals surface area (Å²) in [6.45, 7) is 3.25. The van der Waals surface area contributed by atoms with Gasteiger partial charge in [-0.2, -0.15) is 0 Å². The first-order chi connectivity index (χ1) is 10.3. The molecule has 2 N–H and O–H groups in total. The van der Waals surface area contributed by atoms with Crippen molar-refractivity contribution in [2.24, 2.45) is 0 Å². The number of carboxylic acids is 2. The van der Waals surface area contributed by atoms with E-state index < -0.39 is 29.1 Å². The Morgan fingerprint density at radius 3 is 2.14 bits per heavy atom. The van der Waals surface area contributed by atoms with Gasteiger partial charge in [-0.3, -0.25) is 9.36 Å². The molecule has 114 valence electrons. The second-order valence-corrected chi connectivity index (χ2v) is 4.99. The van der Waals surface area contributed by atoms with Gasteiger partial charge >= 0.3 is 11.9 Å². The van der Waals surface area contributed by atoms with E-state index in [0.29, 0.717) is 11.3 Å². The Kier molecular flexibility index (Phi) is 4.12. The van der Waals surface area contributed by atoms with Crippen molar-refractivity contribution in [3.8, 4) is 11.3 Å². The topological polar surface area (TPSA) is 96.6 Å². The van der Waals surface area contributed by atoms with Crippen LogP contribution in [-0.4, -0.2) is 26.7 Å². The lowest BCUT2D eigenvalue weighted by molar-refractivity contribution is -0.140. The number of carboxylic acid groups (broad SMARTS) is 2. The van der Waals surface area contributed by atoms with Crippen LogP contribution < -0.4 is 5.56 Å². The maximum absolute atomic E-state index is 12.3. The number of hydrogen-bond donors (Lipinski definition) is 2. The van der Waals surface area contributed by atoms with Crippen LogP contribution >= 0.6 is 0 Å². The van der Waals surface area contributed by atoms with Crippen molar-refractivity contribution in [1.82, 2.24) is 4.57 Å². The Morgan fingerprint density at radius 2 is 1.64 bits per heavy atom. The number of benzene rings is 1. The minimum Gasteiger partial charge on any atom is -0.480 e. The third-order valence-electron chi connectivity index (χ3n) is 3.44. The number of aliphatic carboxylic acids is 1. The van der Waals surface area contributed by atoms with Gasteiger partial charge < -0.3 is 10.2 Å². The van der Waals surface area contributed by atoms with E-state index in [1.54, 1.807) is 12.1 Å². The van der Waals surface area contributed by atoms with Crippen molar-refractivity contribution in [3.05, 3.63) is 57.9 Å². The highest BCUT2D eigenvalue weighted by Crippen LogP contribution is 2.22. The molecular weight excluding hydrogens is 286 g/mol. The van der Waals surface area contributed by atoms with Crippen molar-refractivity contribution in [1.29, 1.82) is 0 Å². The minimum absolute atomic E-state index is 0.366. The van der Waals surface area contributed by atoms with E-state index in [1.807, 2.05) is 19.1 Å². The number of pyridine rings is 1. The Morgan fingerprint density at radius 1 is 1.05 bits per heavy atom. The zero-order valence-corrected chi connectivity index (χ0v) is 12.1. The van der Waals surface area contributed by atoms with Crippen LogP contribution in [0.4, 0.5) is 0 Å². The molecule has 1 atom stereocenters. The summed E-state index contributed by atoms with van der Waals surface area (Å²) in [5.41, 5.74) is 0.744. The van der Waals surface area contributed by atoms with E-state index in [2.05, 4.69) is 0 Å². The molecular formula is C16H15NO5. The molecule has 0 saturated heterocycles. The first-order valence-electron chi connectivity index (χ1n) is 6.61. The molecule has 1 aromatic heterocycles. The average Bonchev–Trinajstić information content (AvgIpc) is 2.46. The molecule has 0 fully saturated rings. The summed E-state index contributed by atoms with van der Waals surface area (Å²) in [7, 11) is 0. The summed E-state index contributed by atoms with van der Waals surface area (Å²) in [6.07, 6.45) is 0. The molecule has 0 amide bonds. The first kappa shape index (κ1) is 15.5. The lowest BCUT2D eigenvalue weighted by atomic mass is 10.1. The highest BCUT2D eigenvalue weighted by Gasteiger charge is 2.22. The summed E-state index contributed by atoms with van der Waals surface area (Å²) in [4.78, 5) is 34.7. The molecule has 1 heterocycles. The fraction of sp³-hybridized carbons (Fsp3) is 0.188. The van der Waals surface area contributed by atoms with Gasteiger partial charge in [-0.1, -0.05) is 29.8 Å². The zero-order valence-electron chi connectivity index (χ0n) is 12.1. The standard InChI is InChI=1S/C16H15NO5/c1-9-3-5-11(6-4-9)13-8-7-12(16(21)22)14(18)17(13)10(2)15(19)20/h3-8,10H,1-2H3,(H,19,20)(H,21,22). The number of aromatic carboxylic acids is 1. The number of rotatable bonds is 4. The minimum atomic E-state index is -1.38. The van der Waals surface area contributed by atoms with Gasteiger partial charge in [0.15, 0.2) is 0 Å². The Labute approximate surface area is 126 Å². The number of carbonyl (C=O) groups is 2. The highest BCUT2D eigenvalue weighted by atomic mass is 16.4. The number of nitrogens with zero attached hydrogens (tertiary/aromatic N) is 1. The highest BCUT2D eigenvalue weighted by molar-refractivity contribution is 5.88. The SMILES string of the molecule is Cc1ccc(-c2ccc(C(=O)O)c(=O)n2C(C)C(=O)O)cc1. The van der Waals surface area contributed by atoms with Gasteiger partial charge in [-0.05, 0) is 31.5 Å². The van der Waals surface area contributed by atoms with Crippen molar-refractivity contribution in [2.45, 2.75) is 19.9 Å². The van der Waals surface area contributed by atoms with Gasteiger partial charge in [0.2, 0.25) is 0 Å². The lowest BCUT2D eigenvalue weighted by Gasteiger charge is -2.17. The first-order valence-corrected chi connectivity index (χ1v) is 6.61. The largest absolute Gasteiger partial charge is 0.480 e. The van der Waals surface area contributed by atoms with Crippen LogP contribution in [0.5, 0.6) is 0 Å². The predicted octanol–water partition coefficient (Wildman–Crippen LogP) is 2.17. The number of aromatic nitrogens is 1. The third-order valence-corrected chi connectivity index (χ3v) is 3.44. The second kappa shape index (κ2) is 5.85. The second-order valence-electron chi connectivity index (χ2n) is 4.99. The van der Waals surface area contributed by atoms with Crippen molar-refractivity contribution < 1.29 is 19.8 Å². The van der Waals surface area contributed by atoms with Crippen molar-refractivity contribution in [3.63, 3.8) is 0 Å². The molecule has 6 heteroatoms. The quantitative estimate of drug-likeness (QED) is 0.902. The normalized spacial score (nSPS) is 11.9. The van der Waals surface area contributed by atoms with Gasteiger partial charge in [0, 0.05) is 0 Å². The fourth-order valence-corrected chi connectivity index (χ4v) is 2.17. The summed E-state index contributed by atoms with van der Waals surface area (Å²) >= 11 is 0. The molecule has 0 bridgehead atoms. The molecule has 22 heavy (non-hydrogen) atoms. The van der Waals surface area contributed by atoms with E-state index in [4.69, 9.17) is 5.11 Å². The van der Waals surface area contributed by atoms with E-state index in [-0.39, 0.29) is 0 Å². The van der Waals surface area contributed by atoms with Crippen LogP contribution in [0, 0.1) is 6.92 Å². The van der Waals surface area contributed by atoms with Crippen molar-refractivity contribution in [2.75, 3.05) is 0 Å². The van der Waals surface area contributed by atoms with E-state index in [9.17, 15) is 19.5 Å². The molecule has 0 aliphatic heterocycles. The van der Waals surface area contributed by atoms with Gasteiger partial charge in [0.05, 0.1) is 5.69 Å². The summed E-state index contributed by atoms with van der Waals surface area (Å²) < 4.78 is 0.996. The Balaban J connectivity index is 2.76. The fourth-order valence-electron chi connectivity index (χ4n) is 2.17. The Hall–Kier alpha value is -2.89. The molecule has 0 saturated carbocycles. The molecule has 0 spiro atoms. The van der Waals surface area contributed by atoms with Gasteiger partial charge in [0.25, 0.3) is 5.56 Å². The number of aryl methyl sites for hydroxylation is 1. The molecule has 1 aromatic carbocycles. The van der Waals surface area contributed by atoms with E-state index in [0.717, 1.165) is 10.1 Å². The maximum atomic E-state index is 12.3. The molecule has 6 nitrogen and oxygen atoms in total. The molecule has 0 radical (unpaired) electrons. The van der Waals surface area contributed by atoms with Gasteiger partial charge in [-0.25, -0.2) is 9.59 Å². The lowest BCUT2D eigenvalue weighted by Crippen LogP contribution is -2.32. The van der Waals surface area contributed by atoms with E-state index in [1.165, 1.54) is 19.1 Å². The van der Waals surface area contributed by atoms with Crippen LogP contribution in [0.15, 0.2) is 41.2 Å². The smallest absolute Gasteiger partial charge is 0.341 e. The van der Waals surface area contributed by atoms with Crippen LogP contribution in [0.25, 0.3) is 11.3 Å². The summed E-state index contributed by atoms with van der Waals surface area (Å²) in [5, 5.41) is 18.2. The van der Waals surface area contributed by atoms with Crippen LogP contribution in [0.2, 0.25) is 0 Å². The van der Waals surface area contributed by atoms with Gasteiger partial charge in [-0.15, -0.1) is 0 Å². The Bertz CT molecular complexity index is 789. The predicted molar refractivity (Wildman–Crippen MR) is 80.2 cm³/mol. The molecule has 2 rings (SSSR count). The maximum Gasteiger partial charge on any atom is 0.341 e. The molecule has 0 aliphatic carbocycles. The third kappa shape index (κ3) is 2.76. The molecule has 0 aliphatic rings. The monoisotopic (exact) mass is 301 g/mol. The average molecular weight is 301 g/mol. The summed E-state index contributed by atoms with van der Waals surface area (Å²) in [5.74, 6) is -2.59. The van der Waals surface area contributed by atoms with Crippen LogP contribution in [0.1, 0.15) is 28.9 Å². The van der Waals surface area contributed by atoms with Crippen LogP contribution in [-0.2, 0) is 4.79 Å². The molecule has 2 aromatic rings. The zero-order chi connectivity index (χ0) is 16.4. The molecule has 1 unspecified atom stereocenters.